The maximum atomic E-state index is 2.67. The molecule has 1 aliphatic rings. The second-order valence-corrected chi connectivity index (χ2v) is 6.39. The zero-order chi connectivity index (χ0) is 7.94. The average Bonchev–Trinajstić information content (AvgIpc) is 2.07. The second kappa shape index (κ2) is 6.28. The number of piperidine rings is 1. The van der Waals surface area contributed by atoms with E-state index in [9.17, 15) is 0 Å². The summed E-state index contributed by atoms with van der Waals surface area (Å²) < 4.78 is 2.67. The van der Waals surface area contributed by atoms with Crippen LogP contribution in [-0.2, 0) is 0 Å². The summed E-state index contributed by atoms with van der Waals surface area (Å²) in [7, 11) is 0.571. The lowest BCUT2D eigenvalue weighted by atomic mass is 10.2. The molecule has 3 heteroatoms. The van der Waals surface area contributed by atoms with Gasteiger partial charge in [-0.05, 0) is 19.3 Å². The summed E-state index contributed by atoms with van der Waals surface area (Å²) in [6.07, 6.45) is 5.69. The van der Waals surface area contributed by atoms with Gasteiger partial charge in [0.15, 0.2) is 0 Å². The Bertz CT molecular complexity index is 94.1. The summed E-state index contributed by atoms with van der Waals surface area (Å²) in [6, 6.07) is 0. The van der Waals surface area contributed by atoms with Gasteiger partial charge in [0.05, 0.1) is 0 Å². The van der Waals surface area contributed by atoms with Crippen molar-refractivity contribution in [1.82, 2.24) is 4.67 Å². The van der Waals surface area contributed by atoms with Gasteiger partial charge in [-0.25, -0.2) is 0 Å². The molecule has 0 amide bonds. The van der Waals surface area contributed by atoms with Gasteiger partial charge in [0.2, 0.25) is 0 Å². The van der Waals surface area contributed by atoms with Crippen molar-refractivity contribution in [3.05, 3.63) is 0 Å². The summed E-state index contributed by atoms with van der Waals surface area (Å²) in [4.78, 5) is 0. The quantitative estimate of drug-likeness (QED) is 0.498. The highest BCUT2D eigenvalue weighted by Crippen LogP contribution is 2.35. The SMILES string of the molecule is CCCS[PH2+]N1CCCCC1. The lowest BCUT2D eigenvalue weighted by Crippen LogP contribution is -2.20. The monoisotopic (exact) mass is 192 g/mol. The van der Waals surface area contributed by atoms with Crippen LogP contribution in [0.3, 0.4) is 0 Å². The van der Waals surface area contributed by atoms with Crippen molar-refractivity contribution in [3.8, 4) is 0 Å². The fraction of sp³-hybridized carbons (Fsp3) is 1.00. The van der Waals surface area contributed by atoms with Crippen molar-refractivity contribution in [2.24, 2.45) is 0 Å². The number of hydrogen-bond donors (Lipinski definition) is 0. The van der Waals surface area contributed by atoms with E-state index in [1.165, 1.54) is 44.5 Å². The summed E-state index contributed by atoms with van der Waals surface area (Å²) in [5.41, 5.74) is 0. The van der Waals surface area contributed by atoms with Gasteiger partial charge in [0.1, 0.15) is 7.93 Å². The Morgan fingerprint density at radius 3 is 2.64 bits per heavy atom. The van der Waals surface area contributed by atoms with E-state index in [-0.39, 0.29) is 0 Å². The first kappa shape index (κ1) is 9.83. The Labute approximate surface area is 75.9 Å². The van der Waals surface area contributed by atoms with E-state index in [1.54, 1.807) is 0 Å². The van der Waals surface area contributed by atoms with Gasteiger partial charge in [-0.2, -0.15) is 4.67 Å². The van der Waals surface area contributed by atoms with Crippen molar-refractivity contribution >= 4 is 19.3 Å². The Morgan fingerprint density at radius 2 is 2.00 bits per heavy atom. The highest BCUT2D eigenvalue weighted by atomic mass is 32.7. The Balaban J connectivity index is 1.96. The van der Waals surface area contributed by atoms with Crippen molar-refractivity contribution in [2.45, 2.75) is 32.6 Å². The first-order chi connectivity index (χ1) is 5.43. The third-order valence-electron chi connectivity index (χ3n) is 1.94. The minimum atomic E-state index is 0.571. The molecule has 1 unspecified atom stereocenters. The molecule has 0 aliphatic carbocycles. The van der Waals surface area contributed by atoms with Gasteiger partial charge >= 0.3 is 0 Å². The fourth-order valence-electron chi connectivity index (χ4n) is 1.30. The lowest BCUT2D eigenvalue weighted by molar-refractivity contribution is 0.378. The zero-order valence-corrected chi connectivity index (χ0v) is 9.35. The molecule has 0 aromatic rings. The van der Waals surface area contributed by atoms with Gasteiger partial charge in [0.25, 0.3) is 0 Å². The molecule has 0 saturated carbocycles. The van der Waals surface area contributed by atoms with E-state index in [4.69, 9.17) is 0 Å². The topological polar surface area (TPSA) is 3.24 Å². The van der Waals surface area contributed by atoms with E-state index >= 15 is 0 Å². The van der Waals surface area contributed by atoms with Crippen LogP contribution in [0.2, 0.25) is 0 Å². The molecule has 66 valence electrons. The Kier molecular flexibility index (Phi) is 5.61. The summed E-state index contributed by atoms with van der Waals surface area (Å²) in [5, 5.41) is 0. The van der Waals surface area contributed by atoms with Crippen molar-refractivity contribution in [1.29, 1.82) is 0 Å². The third kappa shape index (κ3) is 4.35. The predicted octanol–water partition coefficient (Wildman–Crippen LogP) is 2.86. The van der Waals surface area contributed by atoms with Gasteiger partial charge in [-0.1, -0.05) is 13.3 Å². The minimum absolute atomic E-state index is 0.571. The van der Waals surface area contributed by atoms with Crippen LogP contribution in [0.5, 0.6) is 0 Å². The average molecular weight is 192 g/mol. The Hall–Kier alpha value is 0.740. The van der Waals surface area contributed by atoms with Crippen molar-refractivity contribution < 1.29 is 0 Å². The standard InChI is InChI=1S/C8H18NPS/c1-2-8-11-10-9-6-4-3-5-7-9/h10H,2-8H2,1H3/p+1. The van der Waals surface area contributed by atoms with Crippen LogP contribution < -0.4 is 0 Å². The van der Waals surface area contributed by atoms with Crippen LogP contribution in [0.1, 0.15) is 32.6 Å². The fourth-order valence-corrected chi connectivity index (χ4v) is 4.72. The predicted molar refractivity (Wildman–Crippen MR) is 57.9 cm³/mol. The summed E-state index contributed by atoms with van der Waals surface area (Å²) >= 11 is 2.17. The number of rotatable bonds is 4. The first-order valence-corrected chi connectivity index (χ1v) is 7.60. The molecular formula is C8H19NPS+. The molecule has 1 saturated heterocycles. The maximum Gasteiger partial charge on any atom is 0.116 e. The van der Waals surface area contributed by atoms with Gasteiger partial charge in [0, 0.05) is 30.2 Å². The molecule has 0 aromatic carbocycles. The Morgan fingerprint density at radius 1 is 1.27 bits per heavy atom. The van der Waals surface area contributed by atoms with E-state index in [2.05, 4.69) is 23.0 Å². The highest BCUT2D eigenvalue weighted by Gasteiger charge is 2.14. The zero-order valence-electron chi connectivity index (χ0n) is 7.38. The van der Waals surface area contributed by atoms with Gasteiger partial charge in [-0.3, -0.25) is 0 Å². The van der Waals surface area contributed by atoms with Gasteiger partial charge in [-0.15, -0.1) is 0 Å². The molecule has 1 heterocycles. The van der Waals surface area contributed by atoms with E-state index in [0.717, 1.165) is 0 Å². The molecule has 1 atom stereocenters. The third-order valence-corrected chi connectivity index (χ3v) is 5.59. The van der Waals surface area contributed by atoms with Crippen molar-refractivity contribution in [2.75, 3.05) is 18.8 Å². The molecule has 1 nitrogen and oxygen atoms in total. The molecule has 0 spiro atoms. The molecular weight excluding hydrogens is 173 g/mol. The molecule has 0 bridgehead atoms. The van der Waals surface area contributed by atoms with Crippen LogP contribution in [0, 0.1) is 0 Å². The van der Waals surface area contributed by atoms with E-state index in [0.29, 0.717) is 7.93 Å². The van der Waals surface area contributed by atoms with Gasteiger partial charge < -0.3 is 0 Å². The maximum absolute atomic E-state index is 2.67. The molecule has 0 N–H and O–H groups in total. The molecule has 11 heavy (non-hydrogen) atoms. The van der Waals surface area contributed by atoms with Crippen LogP contribution in [-0.4, -0.2) is 23.5 Å². The normalized spacial score (nSPS) is 21.5. The van der Waals surface area contributed by atoms with Crippen LogP contribution in [0.25, 0.3) is 0 Å². The number of hydrogen-bond acceptors (Lipinski definition) is 2. The first-order valence-electron chi connectivity index (χ1n) is 4.62. The molecule has 1 rings (SSSR count). The smallest absolute Gasteiger partial charge is 0.116 e. The van der Waals surface area contributed by atoms with Crippen molar-refractivity contribution in [3.63, 3.8) is 0 Å². The summed E-state index contributed by atoms with van der Waals surface area (Å²) in [5.74, 6) is 1.37. The largest absolute Gasteiger partial charge is 0.174 e. The van der Waals surface area contributed by atoms with E-state index < -0.39 is 0 Å². The molecule has 1 fully saturated rings. The van der Waals surface area contributed by atoms with Crippen LogP contribution in [0.4, 0.5) is 0 Å². The van der Waals surface area contributed by atoms with Crippen LogP contribution >= 0.6 is 19.3 Å². The molecule has 0 radical (unpaired) electrons. The number of nitrogens with zero attached hydrogens (tertiary/aromatic N) is 1. The molecule has 0 aromatic heterocycles. The summed E-state index contributed by atoms with van der Waals surface area (Å²) in [6.45, 7) is 5.03. The van der Waals surface area contributed by atoms with E-state index in [1.807, 2.05) is 0 Å². The second-order valence-electron chi connectivity index (χ2n) is 3.07. The highest BCUT2D eigenvalue weighted by molar-refractivity contribution is 8.48. The lowest BCUT2D eigenvalue weighted by Gasteiger charge is -2.19. The van der Waals surface area contributed by atoms with Crippen LogP contribution in [0.15, 0.2) is 0 Å². The molecule has 1 aliphatic heterocycles. The minimum Gasteiger partial charge on any atom is -0.174 e.